The maximum atomic E-state index is 11.0. The number of fused-ring (bicyclic) bond motifs is 8. The van der Waals surface area contributed by atoms with Gasteiger partial charge in [0.2, 0.25) is 0 Å². The third-order valence-electron chi connectivity index (χ3n) is 8.39. The number of rotatable bonds is 1. The Bertz CT molecular complexity index is 932. The minimum Gasteiger partial charge on any atom is -0.394 e. The highest BCUT2D eigenvalue weighted by Gasteiger charge is 2.53. The summed E-state index contributed by atoms with van der Waals surface area (Å²) in [5.74, 6) is 0. The lowest BCUT2D eigenvalue weighted by Gasteiger charge is -2.46. The van der Waals surface area contributed by atoms with Crippen molar-refractivity contribution >= 4 is 0 Å². The molecule has 5 rings (SSSR count). The first-order chi connectivity index (χ1) is 20.8. The molecule has 20 nitrogen and oxygen atoms in total. The number of hydrogen-bond donors (Lipinski definition) is 12. The topological polar surface area (TPSA) is 317 Å². The summed E-state index contributed by atoms with van der Waals surface area (Å²) < 4.78 is 44.2. The third kappa shape index (κ3) is 6.63. The highest BCUT2D eigenvalue weighted by atomic mass is 16.8. The fourth-order valence-corrected chi connectivity index (χ4v) is 5.63. The van der Waals surface area contributed by atoms with Crippen LogP contribution in [0.5, 0.6) is 0 Å². The van der Waals surface area contributed by atoms with Crippen molar-refractivity contribution in [1.29, 1.82) is 0 Å². The molecule has 0 saturated carbocycles. The van der Waals surface area contributed by atoms with E-state index in [0.717, 1.165) is 0 Å². The van der Waals surface area contributed by atoms with Crippen LogP contribution in [0.15, 0.2) is 0 Å². The molecule has 5 aliphatic rings. The monoisotopic (exact) mass is 648 g/mol. The van der Waals surface area contributed by atoms with Gasteiger partial charge >= 0.3 is 0 Å². The first-order valence-corrected chi connectivity index (χ1v) is 14.1. The molecular formula is C24H40O20. The van der Waals surface area contributed by atoms with Gasteiger partial charge in [-0.15, -0.1) is 0 Å². The first kappa shape index (κ1) is 34.5. The van der Waals surface area contributed by atoms with Crippen LogP contribution in [0.1, 0.15) is 0 Å². The van der Waals surface area contributed by atoms with Crippen LogP contribution in [0.2, 0.25) is 0 Å². The van der Waals surface area contributed by atoms with Crippen LogP contribution in [0.4, 0.5) is 0 Å². The van der Waals surface area contributed by atoms with Gasteiger partial charge in [-0.25, -0.2) is 0 Å². The van der Waals surface area contributed by atoms with Crippen LogP contribution >= 0.6 is 0 Å². The van der Waals surface area contributed by atoms with E-state index in [4.69, 9.17) is 37.9 Å². The molecule has 0 amide bonds. The number of ether oxygens (including phenoxy) is 8. The predicted molar refractivity (Wildman–Crippen MR) is 131 cm³/mol. The molecule has 256 valence electrons. The molecule has 0 aliphatic carbocycles. The second-order valence-corrected chi connectivity index (χ2v) is 11.4. The van der Waals surface area contributed by atoms with Crippen LogP contribution in [0, 0.1) is 0 Å². The van der Waals surface area contributed by atoms with E-state index in [2.05, 4.69) is 0 Å². The van der Waals surface area contributed by atoms with Gasteiger partial charge in [0.25, 0.3) is 0 Å². The van der Waals surface area contributed by atoms with E-state index < -0.39 is 149 Å². The zero-order chi connectivity index (χ0) is 32.0. The summed E-state index contributed by atoms with van der Waals surface area (Å²) >= 11 is 0. The van der Waals surface area contributed by atoms with Crippen LogP contribution in [0.3, 0.4) is 0 Å². The van der Waals surface area contributed by atoms with Crippen molar-refractivity contribution in [2.24, 2.45) is 0 Å². The number of aliphatic hydroxyl groups excluding tert-OH is 12. The van der Waals surface area contributed by atoms with Gasteiger partial charge in [-0.05, 0) is 0 Å². The molecule has 0 aromatic carbocycles. The standard InChI is InChI=1S/C24H40O20/c25-1-5-12(29)20-19(36)23(40-5)39-3-7-10(27)14(31)16(33)21(42-7)37-2-6-9(26)13(30)17(34)22(41-6)38-4-8-11(28)15(32)18(35)24(43-8)44-20/h5-36H,1-4H2/t5-,6-,7-,8-,9-,10-,11-,12-,13+,14+,15+,16-,17-,18-,19-,20+,21+,22+,23+,24-/m1/s1. The van der Waals surface area contributed by atoms with Gasteiger partial charge in [-0.1, -0.05) is 0 Å². The molecule has 20 heteroatoms. The van der Waals surface area contributed by atoms with Crippen molar-refractivity contribution in [3.8, 4) is 0 Å². The number of hydrogen-bond acceptors (Lipinski definition) is 20. The van der Waals surface area contributed by atoms with E-state index in [1.165, 1.54) is 0 Å². The smallest absolute Gasteiger partial charge is 0.187 e. The van der Waals surface area contributed by atoms with Crippen LogP contribution in [0.25, 0.3) is 0 Å². The molecule has 0 aromatic heterocycles. The molecule has 20 atom stereocenters. The van der Waals surface area contributed by atoms with E-state index in [1.807, 2.05) is 0 Å². The van der Waals surface area contributed by atoms with Gasteiger partial charge in [-0.2, -0.15) is 0 Å². The van der Waals surface area contributed by atoms with Crippen LogP contribution in [-0.4, -0.2) is 211 Å². The quantitative estimate of drug-likeness (QED) is 0.126. The van der Waals surface area contributed by atoms with Crippen molar-refractivity contribution in [3.05, 3.63) is 0 Å². The van der Waals surface area contributed by atoms with Gasteiger partial charge in [-0.3, -0.25) is 0 Å². The average molecular weight is 649 g/mol. The molecule has 5 saturated heterocycles. The number of aliphatic hydroxyl groups is 12. The molecule has 44 heavy (non-hydrogen) atoms. The normalized spacial score (nSPS) is 56.2. The molecule has 5 heterocycles. The fraction of sp³-hybridized carbons (Fsp3) is 1.00. The van der Waals surface area contributed by atoms with E-state index in [0.29, 0.717) is 0 Å². The van der Waals surface area contributed by atoms with Gasteiger partial charge in [0.1, 0.15) is 97.7 Å². The van der Waals surface area contributed by atoms with Crippen molar-refractivity contribution in [2.45, 2.75) is 123 Å². The zero-order valence-electron chi connectivity index (χ0n) is 23.0. The van der Waals surface area contributed by atoms with E-state index >= 15 is 0 Å². The highest BCUT2D eigenvalue weighted by Crippen LogP contribution is 2.32. The largest absolute Gasteiger partial charge is 0.394 e. The molecule has 0 spiro atoms. The highest BCUT2D eigenvalue weighted by molar-refractivity contribution is 4.96. The Hall–Kier alpha value is -0.800. The van der Waals surface area contributed by atoms with Crippen molar-refractivity contribution in [2.75, 3.05) is 26.4 Å². The lowest BCUT2D eigenvalue weighted by Crippen LogP contribution is -2.65. The summed E-state index contributed by atoms with van der Waals surface area (Å²) in [6, 6.07) is 0. The second kappa shape index (κ2) is 14.1. The third-order valence-corrected chi connectivity index (χ3v) is 8.39. The van der Waals surface area contributed by atoms with Gasteiger partial charge in [0.05, 0.1) is 26.4 Å². The Kier molecular flexibility index (Phi) is 11.1. The van der Waals surface area contributed by atoms with Gasteiger partial charge in [0.15, 0.2) is 25.2 Å². The maximum Gasteiger partial charge on any atom is 0.187 e. The molecule has 5 aliphatic heterocycles. The summed E-state index contributed by atoms with van der Waals surface area (Å²) in [5, 5.41) is 126. The molecule has 0 aromatic rings. The minimum atomic E-state index is -1.93. The first-order valence-electron chi connectivity index (χ1n) is 14.1. The summed E-state index contributed by atoms with van der Waals surface area (Å²) in [5.41, 5.74) is 0. The molecule has 0 radical (unpaired) electrons. The average Bonchev–Trinajstić information content (AvgIpc) is 3.01. The Labute approximate surface area is 249 Å². The molecule has 0 unspecified atom stereocenters. The SMILES string of the molecule is OC[C@H]1O[C@@H]2OC[C@H]3O[C@H](OC[C@H]4O[C@H](OC[C@H]5O[C@H](O[C@H]([C@H]2O)[C@@H]1O)[C@H](O)[C@@H](O)[C@@H]5O)[C@H](O)[C@@H](O)[C@@H]4O)[C@H](O)[C@@H](O)[C@@H]3O. The van der Waals surface area contributed by atoms with Crippen LogP contribution in [-0.2, 0) is 37.9 Å². The van der Waals surface area contributed by atoms with Gasteiger partial charge in [0, 0.05) is 0 Å². The predicted octanol–water partition coefficient (Wildman–Crippen LogP) is -8.70. The fourth-order valence-electron chi connectivity index (χ4n) is 5.63. The summed E-state index contributed by atoms with van der Waals surface area (Å²) in [4.78, 5) is 0. The zero-order valence-corrected chi connectivity index (χ0v) is 23.0. The lowest BCUT2D eigenvalue weighted by atomic mass is 9.96. The Morgan fingerprint density at radius 3 is 1.14 bits per heavy atom. The summed E-state index contributed by atoms with van der Waals surface area (Å²) in [7, 11) is 0. The lowest BCUT2D eigenvalue weighted by molar-refractivity contribution is -0.367. The minimum absolute atomic E-state index is 0.617. The van der Waals surface area contributed by atoms with Crippen LogP contribution < -0.4 is 0 Å². The van der Waals surface area contributed by atoms with Crippen molar-refractivity contribution in [1.82, 2.24) is 0 Å². The van der Waals surface area contributed by atoms with E-state index in [1.54, 1.807) is 0 Å². The van der Waals surface area contributed by atoms with Gasteiger partial charge < -0.3 is 99.2 Å². The van der Waals surface area contributed by atoms with Crippen molar-refractivity contribution in [3.63, 3.8) is 0 Å². The molecule has 5 fully saturated rings. The molecular weight excluding hydrogens is 608 g/mol. The Balaban J connectivity index is 1.44. The summed E-state index contributed by atoms with van der Waals surface area (Å²) in [6.45, 7) is -2.71. The van der Waals surface area contributed by atoms with Crippen molar-refractivity contribution < 1.29 is 99.2 Å². The van der Waals surface area contributed by atoms with E-state index in [9.17, 15) is 61.3 Å². The second-order valence-electron chi connectivity index (χ2n) is 11.4. The summed E-state index contributed by atoms with van der Waals surface area (Å²) in [6.07, 6.45) is -34.4. The maximum absolute atomic E-state index is 11.0. The molecule has 12 N–H and O–H groups in total. The van der Waals surface area contributed by atoms with E-state index in [-0.39, 0.29) is 0 Å². The Morgan fingerprint density at radius 2 is 0.727 bits per heavy atom. The molecule has 8 bridgehead atoms. The Morgan fingerprint density at radius 1 is 0.364 bits per heavy atom.